The first kappa shape index (κ1) is 14.9. The molecule has 0 unspecified atom stereocenters. The van der Waals surface area contributed by atoms with Crippen LogP contribution in [0.15, 0.2) is 11.6 Å². The molecular formula is C19H28O3. The number of aliphatic hydroxyl groups is 2. The van der Waals surface area contributed by atoms with Crippen molar-refractivity contribution in [2.45, 2.75) is 64.4 Å². The Labute approximate surface area is 132 Å². The zero-order valence-corrected chi connectivity index (χ0v) is 13.6. The van der Waals surface area contributed by atoms with Crippen LogP contribution in [-0.2, 0) is 4.79 Å². The Morgan fingerprint density at radius 2 is 1.95 bits per heavy atom. The molecule has 22 heavy (non-hydrogen) atoms. The van der Waals surface area contributed by atoms with Crippen molar-refractivity contribution in [3.05, 3.63) is 11.6 Å². The average molecular weight is 304 g/mol. The van der Waals surface area contributed by atoms with Crippen molar-refractivity contribution in [1.29, 1.82) is 0 Å². The van der Waals surface area contributed by atoms with Crippen LogP contribution >= 0.6 is 0 Å². The van der Waals surface area contributed by atoms with Crippen molar-refractivity contribution in [1.82, 2.24) is 0 Å². The molecule has 122 valence electrons. The van der Waals surface area contributed by atoms with Crippen LogP contribution in [0.5, 0.6) is 0 Å². The highest BCUT2D eigenvalue weighted by molar-refractivity contribution is 5.91. The molecule has 0 radical (unpaired) electrons. The highest BCUT2D eigenvalue weighted by Gasteiger charge is 2.59. The van der Waals surface area contributed by atoms with Gasteiger partial charge >= 0.3 is 0 Å². The van der Waals surface area contributed by atoms with Gasteiger partial charge in [-0.1, -0.05) is 12.5 Å². The Hall–Kier alpha value is -0.670. The predicted molar refractivity (Wildman–Crippen MR) is 84.1 cm³/mol. The van der Waals surface area contributed by atoms with E-state index in [2.05, 4.69) is 6.92 Å². The summed E-state index contributed by atoms with van der Waals surface area (Å²) in [4.78, 5) is 11.8. The summed E-state index contributed by atoms with van der Waals surface area (Å²) in [6, 6.07) is 0. The molecule has 4 aliphatic rings. The maximum absolute atomic E-state index is 11.8. The Kier molecular flexibility index (Phi) is 3.32. The number of aliphatic hydroxyl groups excluding tert-OH is 2. The summed E-state index contributed by atoms with van der Waals surface area (Å²) in [6.07, 6.45) is 9.49. The summed E-state index contributed by atoms with van der Waals surface area (Å²) in [6.45, 7) is 2.48. The van der Waals surface area contributed by atoms with E-state index >= 15 is 0 Å². The van der Waals surface area contributed by atoms with Crippen LogP contribution in [0.25, 0.3) is 0 Å². The second-order valence-electron chi connectivity index (χ2n) is 8.50. The summed E-state index contributed by atoms with van der Waals surface area (Å²) in [7, 11) is 0. The van der Waals surface area contributed by atoms with Crippen LogP contribution in [0.2, 0.25) is 0 Å². The van der Waals surface area contributed by atoms with Gasteiger partial charge in [0, 0.05) is 11.8 Å². The zero-order valence-electron chi connectivity index (χ0n) is 13.6. The Balaban J connectivity index is 1.71. The highest BCUT2D eigenvalue weighted by atomic mass is 16.3. The molecule has 4 rings (SSSR count). The lowest BCUT2D eigenvalue weighted by Gasteiger charge is -2.58. The molecule has 6 atom stereocenters. The van der Waals surface area contributed by atoms with Gasteiger partial charge < -0.3 is 10.2 Å². The molecule has 3 heteroatoms. The van der Waals surface area contributed by atoms with Gasteiger partial charge in [0.15, 0.2) is 5.78 Å². The Morgan fingerprint density at radius 3 is 2.73 bits per heavy atom. The monoisotopic (exact) mass is 304 g/mol. The number of fused-ring (bicyclic) bond motifs is 5. The predicted octanol–water partition coefficient (Wildman–Crippen LogP) is 2.85. The number of carbonyl (C=O) groups excluding carboxylic acids is 1. The van der Waals surface area contributed by atoms with Crippen molar-refractivity contribution in [3.63, 3.8) is 0 Å². The number of hydrogen-bond donors (Lipinski definition) is 2. The first-order valence-corrected chi connectivity index (χ1v) is 9.04. The Bertz CT molecular complexity index is 525. The molecule has 0 bridgehead atoms. The van der Waals surface area contributed by atoms with Crippen molar-refractivity contribution in [2.75, 3.05) is 6.61 Å². The van der Waals surface area contributed by atoms with Gasteiger partial charge in [0.2, 0.25) is 0 Å². The summed E-state index contributed by atoms with van der Waals surface area (Å²) < 4.78 is 0. The lowest BCUT2D eigenvalue weighted by Crippen LogP contribution is -2.53. The van der Waals surface area contributed by atoms with Gasteiger partial charge in [-0.2, -0.15) is 0 Å². The number of hydrogen-bond acceptors (Lipinski definition) is 3. The molecule has 0 aromatic carbocycles. The van der Waals surface area contributed by atoms with Gasteiger partial charge in [0.1, 0.15) is 0 Å². The summed E-state index contributed by atoms with van der Waals surface area (Å²) in [5.41, 5.74) is 1.18. The van der Waals surface area contributed by atoms with Gasteiger partial charge in [-0.3, -0.25) is 4.79 Å². The summed E-state index contributed by atoms with van der Waals surface area (Å²) >= 11 is 0. The third kappa shape index (κ3) is 1.78. The van der Waals surface area contributed by atoms with E-state index in [1.54, 1.807) is 0 Å². The van der Waals surface area contributed by atoms with E-state index in [0.29, 0.717) is 24.2 Å². The summed E-state index contributed by atoms with van der Waals surface area (Å²) in [5, 5.41) is 20.7. The minimum atomic E-state index is -0.145. The third-order valence-electron chi connectivity index (χ3n) is 7.92. The van der Waals surface area contributed by atoms with Crippen molar-refractivity contribution >= 4 is 5.78 Å². The van der Waals surface area contributed by atoms with Crippen LogP contribution in [0, 0.1) is 28.6 Å². The van der Waals surface area contributed by atoms with Gasteiger partial charge in [-0.25, -0.2) is 0 Å². The van der Waals surface area contributed by atoms with Crippen LogP contribution in [0.3, 0.4) is 0 Å². The SMILES string of the molecule is C[C@]12CC[C@@H]3[C@@H](CCC4=CC(=O)CC[C@@]43CO)[C@H]1CC[C@@H]2O. The molecular weight excluding hydrogens is 276 g/mol. The fraction of sp³-hybridized carbons (Fsp3) is 0.842. The lowest BCUT2D eigenvalue weighted by molar-refractivity contribution is -0.120. The normalized spacial score (nSPS) is 50.9. The van der Waals surface area contributed by atoms with Crippen molar-refractivity contribution in [3.8, 4) is 0 Å². The van der Waals surface area contributed by atoms with Crippen LogP contribution in [0.1, 0.15) is 58.3 Å². The molecule has 0 spiro atoms. The second kappa shape index (κ2) is 4.91. The number of ketones is 1. The quantitative estimate of drug-likeness (QED) is 0.783. The van der Waals surface area contributed by atoms with Crippen LogP contribution in [-0.4, -0.2) is 28.7 Å². The molecule has 0 amide bonds. The van der Waals surface area contributed by atoms with E-state index < -0.39 is 0 Å². The summed E-state index contributed by atoms with van der Waals surface area (Å²) in [5.74, 6) is 1.97. The van der Waals surface area contributed by atoms with Gasteiger partial charge in [-0.05, 0) is 74.2 Å². The van der Waals surface area contributed by atoms with E-state index in [4.69, 9.17) is 0 Å². The largest absolute Gasteiger partial charge is 0.395 e. The van der Waals surface area contributed by atoms with Crippen LogP contribution in [0.4, 0.5) is 0 Å². The molecule has 0 aromatic heterocycles. The molecule has 0 aromatic rings. The minimum absolute atomic E-state index is 0.0868. The number of rotatable bonds is 1. The van der Waals surface area contributed by atoms with Crippen LogP contribution < -0.4 is 0 Å². The topological polar surface area (TPSA) is 57.5 Å². The Morgan fingerprint density at radius 1 is 1.14 bits per heavy atom. The lowest BCUT2D eigenvalue weighted by atomic mass is 9.47. The van der Waals surface area contributed by atoms with E-state index in [1.165, 1.54) is 5.57 Å². The van der Waals surface area contributed by atoms with E-state index in [9.17, 15) is 15.0 Å². The smallest absolute Gasteiger partial charge is 0.155 e. The molecule has 3 saturated carbocycles. The average Bonchev–Trinajstić information content (AvgIpc) is 2.82. The fourth-order valence-electron chi connectivity index (χ4n) is 6.63. The first-order valence-electron chi connectivity index (χ1n) is 9.04. The standard InChI is InChI=1S/C19H28O3/c1-18-8-7-16-14(15(18)4-5-17(18)22)3-2-12-10-13(21)6-9-19(12,16)11-20/h10,14-17,20,22H,2-9,11H2,1H3/t14-,15+,16+,17-,18-,19+/m0/s1. The van der Waals surface area contributed by atoms with E-state index in [1.807, 2.05) is 6.08 Å². The second-order valence-corrected chi connectivity index (χ2v) is 8.50. The number of carbonyl (C=O) groups is 1. The molecule has 0 heterocycles. The fourth-order valence-corrected chi connectivity index (χ4v) is 6.63. The molecule has 4 aliphatic carbocycles. The molecule has 3 fully saturated rings. The van der Waals surface area contributed by atoms with Gasteiger partial charge in [0.25, 0.3) is 0 Å². The molecule has 2 N–H and O–H groups in total. The van der Waals surface area contributed by atoms with E-state index in [-0.39, 0.29) is 29.3 Å². The van der Waals surface area contributed by atoms with E-state index in [0.717, 1.165) is 44.9 Å². The molecule has 0 saturated heterocycles. The first-order chi connectivity index (χ1) is 10.5. The van der Waals surface area contributed by atoms with Gasteiger partial charge in [-0.15, -0.1) is 0 Å². The molecule has 0 aliphatic heterocycles. The third-order valence-corrected chi connectivity index (χ3v) is 7.92. The van der Waals surface area contributed by atoms with Gasteiger partial charge in [0.05, 0.1) is 12.7 Å². The zero-order chi connectivity index (χ0) is 15.5. The maximum Gasteiger partial charge on any atom is 0.155 e. The van der Waals surface area contributed by atoms with Crippen molar-refractivity contribution < 1.29 is 15.0 Å². The highest BCUT2D eigenvalue weighted by Crippen LogP contribution is 2.65. The maximum atomic E-state index is 11.8. The minimum Gasteiger partial charge on any atom is -0.395 e. The van der Waals surface area contributed by atoms with Crippen molar-refractivity contribution in [2.24, 2.45) is 28.6 Å². The molecule has 3 nitrogen and oxygen atoms in total.